The average molecular weight is 366 g/mol. The van der Waals surface area contributed by atoms with E-state index in [4.69, 9.17) is 0 Å². The third kappa shape index (κ3) is 2.43. The molecule has 1 aromatic heterocycles. The second kappa shape index (κ2) is 4.64. The lowest BCUT2D eigenvalue weighted by molar-refractivity contribution is -0.136. The van der Waals surface area contributed by atoms with Crippen LogP contribution in [-0.4, -0.2) is 9.97 Å². The van der Waals surface area contributed by atoms with Gasteiger partial charge in [0.15, 0.2) is 0 Å². The molecule has 2 aromatic rings. The summed E-state index contributed by atoms with van der Waals surface area (Å²) in [5.74, 6) is 0.0507. The van der Waals surface area contributed by atoms with Crippen molar-refractivity contribution in [2.24, 2.45) is 0 Å². The summed E-state index contributed by atoms with van der Waals surface area (Å²) in [4.78, 5) is 7.89. The molecule has 0 N–H and O–H groups in total. The van der Waals surface area contributed by atoms with Crippen LogP contribution >= 0.6 is 22.6 Å². The molecule has 0 unspecified atom stereocenters. The van der Waals surface area contributed by atoms with Crippen LogP contribution in [0.1, 0.15) is 31.0 Å². The Labute approximate surface area is 116 Å². The summed E-state index contributed by atoms with van der Waals surface area (Å²) in [6.07, 6.45) is -3.21. The van der Waals surface area contributed by atoms with Crippen LogP contribution in [0.25, 0.3) is 10.9 Å². The van der Waals surface area contributed by atoms with Gasteiger partial charge < -0.3 is 0 Å². The second-order valence-electron chi connectivity index (χ2n) is 4.26. The van der Waals surface area contributed by atoms with Crippen LogP contribution < -0.4 is 0 Å². The van der Waals surface area contributed by atoms with Gasteiger partial charge in [0.2, 0.25) is 0 Å². The van der Waals surface area contributed by atoms with E-state index in [2.05, 4.69) is 9.97 Å². The third-order valence-corrected chi connectivity index (χ3v) is 3.21. The first-order chi connectivity index (χ1) is 8.30. The molecular weight excluding hydrogens is 356 g/mol. The van der Waals surface area contributed by atoms with Gasteiger partial charge in [0, 0.05) is 8.96 Å². The molecule has 0 atom stereocenters. The van der Waals surface area contributed by atoms with Crippen molar-refractivity contribution in [3.8, 4) is 0 Å². The molecule has 1 heterocycles. The predicted molar refractivity (Wildman–Crippen MR) is 71.3 cm³/mol. The fourth-order valence-electron chi connectivity index (χ4n) is 1.83. The molecule has 0 fully saturated rings. The van der Waals surface area contributed by atoms with Gasteiger partial charge in [-0.05, 0) is 40.6 Å². The van der Waals surface area contributed by atoms with Gasteiger partial charge in [-0.2, -0.15) is 13.2 Å². The maximum Gasteiger partial charge on any atom is 0.418 e. The zero-order valence-corrected chi connectivity index (χ0v) is 11.9. The SMILES string of the molecule is CC(C)c1ncnc2c(C(F)(F)F)cc(I)cc12. The van der Waals surface area contributed by atoms with Crippen LogP contribution in [0, 0.1) is 3.57 Å². The Morgan fingerprint density at radius 1 is 1.17 bits per heavy atom. The van der Waals surface area contributed by atoms with E-state index in [-0.39, 0.29) is 11.4 Å². The van der Waals surface area contributed by atoms with Gasteiger partial charge in [0.1, 0.15) is 6.33 Å². The molecule has 0 saturated carbocycles. The Balaban J connectivity index is 2.87. The number of benzene rings is 1. The Hall–Kier alpha value is -0.920. The van der Waals surface area contributed by atoms with Gasteiger partial charge in [0.05, 0.1) is 16.8 Å². The Bertz CT molecular complexity index is 594. The van der Waals surface area contributed by atoms with Gasteiger partial charge in [-0.15, -0.1) is 0 Å². The number of hydrogen-bond acceptors (Lipinski definition) is 2. The van der Waals surface area contributed by atoms with Crippen molar-refractivity contribution in [2.45, 2.75) is 25.9 Å². The minimum absolute atomic E-state index is 0.0263. The quantitative estimate of drug-likeness (QED) is 0.701. The molecule has 0 spiro atoms. The molecule has 0 aliphatic heterocycles. The molecule has 0 aliphatic carbocycles. The van der Waals surface area contributed by atoms with Crippen LogP contribution in [0.15, 0.2) is 18.5 Å². The van der Waals surface area contributed by atoms with Crippen LogP contribution in [0.3, 0.4) is 0 Å². The van der Waals surface area contributed by atoms with Crippen molar-refractivity contribution in [1.82, 2.24) is 9.97 Å². The summed E-state index contributed by atoms with van der Waals surface area (Å²) < 4.78 is 39.4. The monoisotopic (exact) mass is 366 g/mol. The summed E-state index contributed by atoms with van der Waals surface area (Å²) in [6, 6.07) is 2.81. The molecular formula is C12H10F3IN2. The zero-order valence-electron chi connectivity index (χ0n) is 9.72. The van der Waals surface area contributed by atoms with Crippen LogP contribution in [0.4, 0.5) is 13.2 Å². The minimum atomic E-state index is -4.40. The predicted octanol–water partition coefficient (Wildman–Crippen LogP) is 4.38. The van der Waals surface area contributed by atoms with Crippen molar-refractivity contribution in [3.05, 3.63) is 33.3 Å². The highest BCUT2D eigenvalue weighted by molar-refractivity contribution is 14.1. The van der Waals surface area contributed by atoms with E-state index in [1.165, 1.54) is 6.33 Å². The lowest BCUT2D eigenvalue weighted by Gasteiger charge is -2.13. The number of nitrogens with zero attached hydrogens (tertiary/aromatic N) is 2. The normalized spacial score (nSPS) is 12.4. The van der Waals surface area contributed by atoms with Crippen LogP contribution in [-0.2, 0) is 6.18 Å². The maximum absolute atomic E-state index is 13.0. The summed E-state index contributed by atoms with van der Waals surface area (Å²) in [5, 5.41) is 0.478. The molecule has 0 aliphatic rings. The van der Waals surface area contributed by atoms with Crippen molar-refractivity contribution in [3.63, 3.8) is 0 Å². The fraction of sp³-hybridized carbons (Fsp3) is 0.333. The number of halogens is 4. The van der Waals surface area contributed by atoms with Crippen molar-refractivity contribution < 1.29 is 13.2 Å². The summed E-state index contributed by atoms with van der Waals surface area (Å²) in [5.41, 5.74) is -0.0840. The van der Waals surface area contributed by atoms with E-state index < -0.39 is 11.7 Å². The van der Waals surface area contributed by atoms with E-state index in [0.717, 1.165) is 6.07 Å². The van der Waals surface area contributed by atoms with Crippen molar-refractivity contribution in [2.75, 3.05) is 0 Å². The molecule has 0 bridgehead atoms. The van der Waals surface area contributed by atoms with Crippen molar-refractivity contribution >= 4 is 33.5 Å². The topological polar surface area (TPSA) is 25.8 Å². The first-order valence-corrected chi connectivity index (χ1v) is 6.40. The largest absolute Gasteiger partial charge is 0.418 e. The second-order valence-corrected chi connectivity index (χ2v) is 5.51. The molecule has 0 amide bonds. The summed E-state index contributed by atoms with van der Waals surface area (Å²) in [6.45, 7) is 3.80. The van der Waals surface area contributed by atoms with E-state index in [1.807, 2.05) is 36.4 Å². The third-order valence-electron chi connectivity index (χ3n) is 2.59. The highest BCUT2D eigenvalue weighted by Crippen LogP contribution is 2.36. The molecule has 2 nitrogen and oxygen atoms in total. The molecule has 18 heavy (non-hydrogen) atoms. The van der Waals surface area contributed by atoms with Gasteiger partial charge in [-0.3, -0.25) is 0 Å². The van der Waals surface area contributed by atoms with Crippen LogP contribution in [0.5, 0.6) is 0 Å². The van der Waals surface area contributed by atoms with E-state index in [0.29, 0.717) is 14.7 Å². The number of alkyl halides is 3. The lowest BCUT2D eigenvalue weighted by Crippen LogP contribution is -2.08. The van der Waals surface area contributed by atoms with Gasteiger partial charge >= 0.3 is 6.18 Å². The number of hydrogen-bond donors (Lipinski definition) is 0. The maximum atomic E-state index is 13.0. The molecule has 0 radical (unpaired) electrons. The smallest absolute Gasteiger partial charge is 0.240 e. The van der Waals surface area contributed by atoms with E-state index in [9.17, 15) is 13.2 Å². The minimum Gasteiger partial charge on any atom is -0.240 e. The van der Waals surface area contributed by atoms with Crippen LogP contribution in [0.2, 0.25) is 0 Å². The Morgan fingerprint density at radius 3 is 2.39 bits per heavy atom. The summed E-state index contributed by atoms with van der Waals surface area (Å²) in [7, 11) is 0. The standard InChI is InChI=1S/C12H10F3IN2/c1-6(2)10-8-3-7(16)4-9(12(13,14)15)11(8)18-5-17-10/h3-6H,1-2H3. The molecule has 0 saturated heterocycles. The highest BCUT2D eigenvalue weighted by atomic mass is 127. The summed E-state index contributed by atoms with van der Waals surface area (Å²) >= 11 is 1.88. The molecule has 6 heteroatoms. The van der Waals surface area contributed by atoms with Gasteiger partial charge in [0.25, 0.3) is 0 Å². The zero-order chi connectivity index (χ0) is 13.5. The van der Waals surface area contributed by atoms with E-state index >= 15 is 0 Å². The Kier molecular flexibility index (Phi) is 3.48. The Morgan fingerprint density at radius 2 is 1.83 bits per heavy atom. The fourth-order valence-corrected chi connectivity index (χ4v) is 2.45. The molecule has 1 aromatic carbocycles. The van der Waals surface area contributed by atoms with E-state index in [1.54, 1.807) is 6.07 Å². The van der Waals surface area contributed by atoms with Gasteiger partial charge in [-0.25, -0.2) is 9.97 Å². The number of fused-ring (bicyclic) bond motifs is 1. The first kappa shape index (κ1) is 13.5. The number of rotatable bonds is 1. The molecule has 2 rings (SSSR count). The van der Waals surface area contributed by atoms with Gasteiger partial charge in [-0.1, -0.05) is 13.8 Å². The lowest BCUT2D eigenvalue weighted by atomic mass is 10.0. The average Bonchev–Trinajstić information content (AvgIpc) is 2.25. The molecule has 96 valence electrons. The number of aromatic nitrogens is 2. The first-order valence-electron chi connectivity index (χ1n) is 5.32. The van der Waals surface area contributed by atoms with Crippen molar-refractivity contribution in [1.29, 1.82) is 0 Å². The highest BCUT2D eigenvalue weighted by Gasteiger charge is 2.34.